The van der Waals surface area contributed by atoms with Crippen LogP contribution in [0.4, 0.5) is 5.95 Å². The molecule has 0 aliphatic rings. The van der Waals surface area contributed by atoms with Crippen molar-refractivity contribution in [2.24, 2.45) is 0 Å². The van der Waals surface area contributed by atoms with E-state index in [9.17, 15) is 0 Å². The topological polar surface area (TPSA) is 52.0 Å². The largest absolute Gasteiger partial charge is 0.464 e. The van der Waals surface area contributed by atoms with E-state index in [1.165, 1.54) is 0 Å². The molecule has 5 heteroatoms. The van der Waals surface area contributed by atoms with E-state index < -0.39 is 0 Å². The highest BCUT2D eigenvalue weighted by molar-refractivity contribution is 5.27. The van der Waals surface area contributed by atoms with Crippen molar-refractivity contribution in [1.29, 1.82) is 0 Å². The van der Waals surface area contributed by atoms with Gasteiger partial charge in [0.25, 0.3) is 0 Å². The molecule has 1 aromatic rings. The molecule has 0 atom stereocenters. The average molecular weight is 184 g/mol. The van der Waals surface area contributed by atoms with Crippen molar-refractivity contribution in [2.75, 3.05) is 18.5 Å². The number of hydrogen-bond donors (Lipinski definition) is 1. The molecule has 0 saturated carbocycles. The number of nitrogens with zero attached hydrogens (tertiary/aromatic N) is 3. The van der Waals surface area contributed by atoms with Crippen LogP contribution >= 0.6 is 0 Å². The van der Waals surface area contributed by atoms with E-state index in [1.54, 1.807) is 0 Å². The zero-order valence-corrected chi connectivity index (χ0v) is 8.37. The van der Waals surface area contributed by atoms with Crippen molar-refractivity contribution < 1.29 is 4.74 Å². The van der Waals surface area contributed by atoms with Crippen molar-refractivity contribution in [2.45, 2.75) is 27.3 Å². The smallest absolute Gasteiger partial charge is 0.318 e. The van der Waals surface area contributed by atoms with Gasteiger partial charge >= 0.3 is 6.01 Å². The summed E-state index contributed by atoms with van der Waals surface area (Å²) in [5, 5.41) is 11.0. The minimum Gasteiger partial charge on any atom is -0.464 e. The molecule has 0 aliphatic heterocycles. The van der Waals surface area contributed by atoms with Crippen LogP contribution in [-0.2, 0) is 6.54 Å². The maximum atomic E-state index is 5.30. The third kappa shape index (κ3) is 2.11. The highest BCUT2D eigenvalue weighted by Crippen LogP contribution is 2.13. The molecule has 0 aliphatic carbocycles. The molecule has 0 fully saturated rings. The van der Waals surface area contributed by atoms with Gasteiger partial charge in [-0.2, -0.15) is 0 Å². The first-order valence-corrected chi connectivity index (χ1v) is 4.63. The van der Waals surface area contributed by atoms with Gasteiger partial charge in [0.2, 0.25) is 5.95 Å². The molecule has 0 spiro atoms. The predicted octanol–water partition coefficient (Wildman–Crippen LogP) is 1.13. The number of nitrogens with one attached hydrogen (secondary N) is 1. The minimum absolute atomic E-state index is 0.584. The van der Waals surface area contributed by atoms with Gasteiger partial charge in [0.1, 0.15) is 0 Å². The third-order valence-electron chi connectivity index (χ3n) is 1.64. The summed E-state index contributed by atoms with van der Waals surface area (Å²) in [5.74, 6) is 0.772. The third-order valence-corrected chi connectivity index (χ3v) is 1.64. The summed E-state index contributed by atoms with van der Waals surface area (Å²) < 4.78 is 7.21. The van der Waals surface area contributed by atoms with Crippen LogP contribution in [0.25, 0.3) is 0 Å². The molecule has 1 N–H and O–H groups in total. The second-order valence-corrected chi connectivity index (χ2v) is 2.51. The highest BCUT2D eigenvalue weighted by atomic mass is 16.5. The number of hydrogen-bond acceptors (Lipinski definition) is 4. The standard InChI is InChI=1S/C8H16N4O/c1-4-9-7-10-11-8(13-6-3)12(7)5-2/h4-6H2,1-3H3,(H,9,10). The van der Waals surface area contributed by atoms with Crippen molar-refractivity contribution in [1.82, 2.24) is 14.8 Å². The van der Waals surface area contributed by atoms with Gasteiger partial charge in [-0.3, -0.25) is 4.57 Å². The van der Waals surface area contributed by atoms with E-state index in [2.05, 4.69) is 15.5 Å². The van der Waals surface area contributed by atoms with Crippen molar-refractivity contribution >= 4 is 5.95 Å². The molecule has 1 aromatic heterocycles. The Hall–Kier alpha value is -1.26. The monoisotopic (exact) mass is 184 g/mol. The molecule has 0 saturated heterocycles. The van der Waals surface area contributed by atoms with Gasteiger partial charge in [-0.05, 0) is 20.8 Å². The van der Waals surface area contributed by atoms with E-state index in [0.717, 1.165) is 19.0 Å². The zero-order chi connectivity index (χ0) is 9.68. The summed E-state index contributed by atoms with van der Waals surface area (Å²) in [6.07, 6.45) is 0. The van der Waals surface area contributed by atoms with E-state index in [1.807, 2.05) is 25.3 Å². The molecule has 0 radical (unpaired) electrons. The first-order chi connectivity index (χ1) is 6.33. The Labute approximate surface area is 78.1 Å². The predicted molar refractivity (Wildman–Crippen MR) is 51.0 cm³/mol. The van der Waals surface area contributed by atoms with Crippen molar-refractivity contribution in [3.8, 4) is 6.01 Å². The molecule has 1 heterocycles. The van der Waals surface area contributed by atoms with Crippen LogP contribution < -0.4 is 10.1 Å². The molecular weight excluding hydrogens is 168 g/mol. The lowest BCUT2D eigenvalue weighted by atomic mass is 10.6. The Kier molecular flexibility index (Phi) is 3.54. The van der Waals surface area contributed by atoms with Gasteiger partial charge in [-0.15, -0.1) is 5.10 Å². The van der Waals surface area contributed by atoms with E-state index in [0.29, 0.717) is 12.6 Å². The summed E-state index contributed by atoms with van der Waals surface area (Å²) >= 11 is 0. The SMILES string of the molecule is CCNc1nnc(OCC)n1CC. The fourth-order valence-electron chi connectivity index (χ4n) is 1.10. The number of aromatic nitrogens is 3. The lowest BCUT2D eigenvalue weighted by molar-refractivity contribution is 0.297. The van der Waals surface area contributed by atoms with Crippen LogP contribution in [0, 0.1) is 0 Å². The van der Waals surface area contributed by atoms with Gasteiger partial charge < -0.3 is 10.1 Å². The lowest BCUT2D eigenvalue weighted by Crippen LogP contribution is -2.07. The molecule has 74 valence electrons. The Morgan fingerprint density at radius 3 is 2.62 bits per heavy atom. The summed E-state index contributed by atoms with van der Waals surface area (Å²) in [6, 6.07) is 0.584. The van der Waals surface area contributed by atoms with Crippen LogP contribution in [-0.4, -0.2) is 27.9 Å². The molecular formula is C8H16N4O. The fourth-order valence-corrected chi connectivity index (χ4v) is 1.10. The van der Waals surface area contributed by atoms with E-state index in [-0.39, 0.29) is 0 Å². The van der Waals surface area contributed by atoms with Crippen LogP contribution in [0.15, 0.2) is 0 Å². The average Bonchev–Trinajstić information content (AvgIpc) is 2.49. The molecule has 0 amide bonds. The maximum Gasteiger partial charge on any atom is 0.318 e. The van der Waals surface area contributed by atoms with Gasteiger partial charge in [0.05, 0.1) is 6.61 Å². The molecule has 0 aromatic carbocycles. The Balaban J connectivity index is 2.82. The molecule has 13 heavy (non-hydrogen) atoms. The Morgan fingerprint density at radius 1 is 1.31 bits per heavy atom. The normalized spacial score (nSPS) is 10.1. The fraction of sp³-hybridized carbons (Fsp3) is 0.750. The number of rotatable bonds is 5. The zero-order valence-electron chi connectivity index (χ0n) is 8.37. The first-order valence-electron chi connectivity index (χ1n) is 4.63. The number of anilines is 1. The van der Waals surface area contributed by atoms with Crippen LogP contribution in [0.2, 0.25) is 0 Å². The minimum atomic E-state index is 0.584. The summed E-state index contributed by atoms with van der Waals surface area (Å²) in [5.41, 5.74) is 0. The molecule has 1 rings (SSSR count). The highest BCUT2D eigenvalue weighted by Gasteiger charge is 2.09. The number of ether oxygens (including phenoxy) is 1. The van der Waals surface area contributed by atoms with Gasteiger partial charge in [-0.25, -0.2) is 0 Å². The van der Waals surface area contributed by atoms with Crippen LogP contribution in [0.1, 0.15) is 20.8 Å². The Bertz CT molecular complexity index is 235. The summed E-state index contributed by atoms with van der Waals surface area (Å²) in [7, 11) is 0. The quantitative estimate of drug-likeness (QED) is 0.745. The lowest BCUT2D eigenvalue weighted by Gasteiger charge is -2.06. The van der Waals surface area contributed by atoms with Gasteiger partial charge in [-0.1, -0.05) is 5.10 Å². The first kappa shape index (κ1) is 9.83. The molecule has 0 bridgehead atoms. The summed E-state index contributed by atoms with van der Waals surface area (Å²) in [6.45, 7) is 8.25. The van der Waals surface area contributed by atoms with Gasteiger partial charge in [0, 0.05) is 13.1 Å². The second-order valence-electron chi connectivity index (χ2n) is 2.51. The van der Waals surface area contributed by atoms with E-state index in [4.69, 9.17) is 4.74 Å². The van der Waals surface area contributed by atoms with Gasteiger partial charge in [0.15, 0.2) is 0 Å². The molecule has 5 nitrogen and oxygen atoms in total. The Morgan fingerprint density at radius 2 is 2.08 bits per heavy atom. The second kappa shape index (κ2) is 4.69. The van der Waals surface area contributed by atoms with Crippen molar-refractivity contribution in [3.05, 3.63) is 0 Å². The van der Waals surface area contributed by atoms with E-state index >= 15 is 0 Å². The van der Waals surface area contributed by atoms with Crippen LogP contribution in [0.3, 0.4) is 0 Å². The summed E-state index contributed by atoms with van der Waals surface area (Å²) in [4.78, 5) is 0. The van der Waals surface area contributed by atoms with Crippen LogP contribution in [0.5, 0.6) is 6.01 Å². The van der Waals surface area contributed by atoms with Crippen molar-refractivity contribution in [3.63, 3.8) is 0 Å². The molecule has 0 unspecified atom stereocenters. The maximum absolute atomic E-state index is 5.30.